The minimum atomic E-state index is -1.03. The Morgan fingerprint density at radius 3 is 2.76 bits per heavy atom. The lowest BCUT2D eigenvalue weighted by Crippen LogP contribution is -2.14. The second-order valence-corrected chi connectivity index (χ2v) is 6.24. The number of rotatable bonds is 5. The summed E-state index contributed by atoms with van der Waals surface area (Å²) >= 11 is 2.13. The quantitative estimate of drug-likeness (QED) is 0.826. The van der Waals surface area contributed by atoms with E-state index in [1.165, 1.54) is 18.2 Å². The summed E-state index contributed by atoms with van der Waals surface area (Å²) in [6.07, 6.45) is 0. The zero-order chi connectivity index (χ0) is 15.4. The van der Waals surface area contributed by atoms with Crippen LogP contribution in [0.25, 0.3) is 0 Å². The number of carboxylic acid groups (broad SMARTS) is 1. The summed E-state index contributed by atoms with van der Waals surface area (Å²) in [5, 5.41) is 11.4. The van der Waals surface area contributed by atoms with Gasteiger partial charge in [-0.25, -0.2) is 14.2 Å². The standard InChI is InChI=1S/C13H11FN2O3S2/c1-7-11(12(18)19)21-13(15-7)20-6-10(17)16-9-5-3-2-4-8(9)14/h2-5H,6H2,1H3,(H,16,17)(H,18,19). The van der Waals surface area contributed by atoms with Crippen molar-refractivity contribution in [2.24, 2.45) is 0 Å². The summed E-state index contributed by atoms with van der Waals surface area (Å²) in [4.78, 5) is 26.9. The molecular formula is C13H11FN2O3S2. The molecule has 0 saturated carbocycles. The molecular weight excluding hydrogens is 315 g/mol. The summed E-state index contributed by atoms with van der Waals surface area (Å²) in [7, 11) is 0. The fraction of sp³-hybridized carbons (Fsp3) is 0.154. The highest BCUT2D eigenvalue weighted by Gasteiger charge is 2.15. The Labute approximate surface area is 128 Å². The van der Waals surface area contributed by atoms with Gasteiger partial charge in [0.25, 0.3) is 0 Å². The van der Waals surface area contributed by atoms with Gasteiger partial charge in [-0.3, -0.25) is 4.79 Å². The van der Waals surface area contributed by atoms with Gasteiger partial charge >= 0.3 is 5.97 Å². The summed E-state index contributed by atoms with van der Waals surface area (Å²) in [5.41, 5.74) is 0.536. The first-order valence-corrected chi connectivity index (χ1v) is 7.65. The molecule has 8 heteroatoms. The first kappa shape index (κ1) is 15.5. The lowest BCUT2D eigenvalue weighted by Gasteiger charge is -2.04. The third-order valence-corrected chi connectivity index (χ3v) is 4.73. The molecule has 2 aromatic rings. The minimum absolute atomic E-state index is 0.0281. The van der Waals surface area contributed by atoms with Crippen molar-refractivity contribution >= 4 is 40.7 Å². The normalized spacial score (nSPS) is 10.4. The second kappa shape index (κ2) is 6.68. The van der Waals surface area contributed by atoms with Crippen LogP contribution in [-0.4, -0.2) is 27.7 Å². The van der Waals surface area contributed by atoms with E-state index in [1.54, 1.807) is 13.0 Å². The average Bonchev–Trinajstić information content (AvgIpc) is 2.80. The van der Waals surface area contributed by atoms with E-state index in [0.29, 0.717) is 10.0 Å². The monoisotopic (exact) mass is 326 g/mol. The lowest BCUT2D eigenvalue weighted by molar-refractivity contribution is -0.113. The van der Waals surface area contributed by atoms with E-state index in [-0.39, 0.29) is 22.2 Å². The number of carboxylic acids is 1. The molecule has 2 N–H and O–H groups in total. The van der Waals surface area contributed by atoms with Crippen molar-refractivity contribution in [2.45, 2.75) is 11.3 Å². The number of amides is 1. The van der Waals surface area contributed by atoms with Crippen LogP contribution in [0.5, 0.6) is 0 Å². The van der Waals surface area contributed by atoms with Crippen molar-refractivity contribution < 1.29 is 19.1 Å². The van der Waals surface area contributed by atoms with Crippen molar-refractivity contribution in [3.8, 4) is 0 Å². The van der Waals surface area contributed by atoms with Gasteiger partial charge in [-0.1, -0.05) is 23.9 Å². The molecule has 0 saturated heterocycles. The van der Waals surface area contributed by atoms with Crippen LogP contribution in [0.2, 0.25) is 0 Å². The van der Waals surface area contributed by atoms with Crippen LogP contribution in [0.3, 0.4) is 0 Å². The van der Waals surface area contributed by atoms with E-state index >= 15 is 0 Å². The predicted molar refractivity (Wildman–Crippen MR) is 79.6 cm³/mol. The molecule has 0 unspecified atom stereocenters. The number of aryl methyl sites for hydroxylation is 1. The Bertz CT molecular complexity index is 688. The molecule has 0 fully saturated rings. The summed E-state index contributed by atoms with van der Waals surface area (Å²) in [5.74, 6) is -1.89. The molecule has 0 aliphatic heterocycles. The predicted octanol–water partition coefficient (Wildman–Crippen LogP) is 3.02. The number of halogens is 1. The van der Waals surface area contributed by atoms with Gasteiger partial charge < -0.3 is 10.4 Å². The molecule has 2 rings (SSSR count). The van der Waals surface area contributed by atoms with Gasteiger partial charge in [0, 0.05) is 0 Å². The molecule has 110 valence electrons. The number of hydrogen-bond acceptors (Lipinski definition) is 5. The highest BCUT2D eigenvalue weighted by Crippen LogP contribution is 2.27. The zero-order valence-electron chi connectivity index (χ0n) is 10.9. The molecule has 1 heterocycles. The van der Waals surface area contributed by atoms with E-state index in [0.717, 1.165) is 23.1 Å². The third kappa shape index (κ3) is 4.02. The Kier molecular flexibility index (Phi) is 4.92. The van der Waals surface area contributed by atoms with Gasteiger partial charge in [0.1, 0.15) is 10.7 Å². The second-order valence-electron chi connectivity index (χ2n) is 4.02. The van der Waals surface area contributed by atoms with Gasteiger partial charge in [0.2, 0.25) is 5.91 Å². The number of aromatic carboxylic acids is 1. The Morgan fingerprint density at radius 2 is 2.14 bits per heavy atom. The van der Waals surface area contributed by atoms with Crippen molar-refractivity contribution in [3.05, 3.63) is 40.7 Å². The average molecular weight is 326 g/mol. The maximum absolute atomic E-state index is 13.4. The fourth-order valence-electron chi connectivity index (χ4n) is 1.51. The Morgan fingerprint density at radius 1 is 1.43 bits per heavy atom. The fourth-order valence-corrected chi connectivity index (χ4v) is 3.34. The number of carbonyl (C=O) groups is 2. The maximum Gasteiger partial charge on any atom is 0.347 e. The maximum atomic E-state index is 13.4. The number of carbonyl (C=O) groups excluding carboxylic acids is 1. The van der Waals surface area contributed by atoms with E-state index in [1.807, 2.05) is 0 Å². The smallest absolute Gasteiger partial charge is 0.347 e. The first-order chi connectivity index (χ1) is 9.97. The highest BCUT2D eigenvalue weighted by atomic mass is 32.2. The minimum Gasteiger partial charge on any atom is -0.477 e. The van der Waals surface area contributed by atoms with Gasteiger partial charge in [-0.05, 0) is 19.1 Å². The Balaban J connectivity index is 1.94. The van der Waals surface area contributed by atoms with E-state index < -0.39 is 11.8 Å². The molecule has 0 atom stereocenters. The summed E-state index contributed by atoms with van der Waals surface area (Å²) in [6, 6.07) is 5.88. The molecule has 0 aliphatic carbocycles. The molecule has 0 radical (unpaired) electrons. The van der Waals surface area contributed by atoms with Crippen molar-refractivity contribution in [1.29, 1.82) is 0 Å². The lowest BCUT2D eigenvalue weighted by atomic mass is 10.3. The van der Waals surface area contributed by atoms with Gasteiger partial charge in [0.15, 0.2) is 4.34 Å². The number of aromatic nitrogens is 1. The molecule has 5 nitrogen and oxygen atoms in total. The van der Waals surface area contributed by atoms with Gasteiger partial charge in [0.05, 0.1) is 17.1 Å². The van der Waals surface area contributed by atoms with Crippen LogP contribution >= 0.6 is 23.1 Å². The van der Waals surface area contributed by atoms with E-state index in [4.69, 9.17) is 5.11 Å². The molecule has 0 bridgehead atoms. The third-order valence-electron chi connectivity index (χ3n) is 2.45. The highest BCUT2D eigenvalue weighted by molar-refractivity contribution is 8.01. The number of hydrogen-bond donors (Lipinski definition) is 2. The first-order valence-electron chi connectivity index (χ1n) is 5.85. The SMILES string of the molecule is Cc1nc(SCC(=O)Nc2ccccc2F)sc1C(=O)O. The summed E-state index contributed by atoms with van der Waals surface area (Å²) < 4.78 is 13.9. The van der Waals surface area contributed by atoms with Crippen LogP contribution < -0.4 is 5.32 Å². The van der Waals surface area contributed by atoms with Crippen LogP contribution in [0.1, 0.15) is 15.4 Å². The molecule has 0 spiro atoms. The van der Waals surface area contributed by atoms with E-state index in [2.05, 4.69) is 10.3 Å². The van der Waals surface area contributed by atoms with Gasteiger partial charge in [-0.2, -0.15) is 0 Å². The number of thiazole rings is 1. The number of thioether (sulfide) groups is 1. The zero-order valence-corrected chi connectivity index (χ0v) is 12.6. The van der Waals surface area contributed by atoms with Crippen LogP contribution in [0, 0.1) is 12.7 Å². The molecule has 1 amide bonds. The molecule has 1 aromatic heterocycles. The van der Waals surface area contributed by atoms with Gasteiger partial charge in [-0.15, -0.1) is 11.3 Å². The van der Waals surface area contributed by atoms with Crippen LogP contribution in [-0.2, 0) is 4.79 Å². The summed E-state index contributed by atoms with van der Waals surface area (Å²) in [6.45, 7) is 1.60. The number of anilines is 1. The van der Waals surface area contributed by atoms with E-state index in [9.17, 15) is 14.0 Å². The largest absolute Gasteiger partial charge is 0.477 e. The molecule has 1 aromatic carbocycles. The van der Waals surface area contributed by atoms with Crippen LogP contribution in [0.4, 0.5) is 10.1 Å². The Hall–Kier alpha value is -1.93. The van der Waals surface area contributed by atoms with Crippen molar-refractivity contribution in [3.63, 3.8) is 0 Å². The molecule has 21 heavy (non-hydrogen) atoms. The van der Waals surface area contributed by atoms with Crippen molar-refractivity contribution in [1.82, 2.24) is 4.98 Å². The number of para-hydroxylation sites is 1. The topological polar surface area (TPSA) is 79.3 Å². The number of nitrogens with zero attached hydrogens (tertiary/aromatic N) is 1. The number of benzene rings is 1. The van der Waals surface area contributed by atoms with Crippen LogP contribution in [0.15, 0.2) is 28.6 Å². The molecule has 0 aliphatic rings. The van der Waals surface area contributed by atoms with Crippen molar-refractivity contribution in [2.75, 3.05) is 11.1 Å². The number of nitrogens with one attached hydrogen (secondary N) is 1.